The molecule has 0 bridgehead atoms. The Bertz CT molecular complexity index is 989. The molecule has 5 nitrogen and oxygen atoms in total. The average molecular weight is 634 g/mol. The van der Waals surface area contributed by atoms with Crippen LogP contribution < -0.4 is 9.47 Å². The molecule has 0 aliphatic heterocycles. The van der Waals surface area contributed by atoms with Gasteiger partial charge in [-0.3, -0.25) is 4.79 Å². The Kier molecular flexibility index (Phi) is 8.67. The highest BCUT2D eigenvalue weighted by atomic mass is 127. The summed E-state index contributed by atoms with van der Waals surface area (Å²) in [5.41, 5.74) is 1.90. The molecule has 0 aliphatic rings. The number of fused-ring (bicyclic) bond motifs is 1. The van der Waals surface area contributed by atoms with Crippen LogP contribution in [-0.2, 0) is 17.8 Å². The van der Waals surface area contributed by atoms with Gasteiger partial charge in [-0.25, -0.2) is 0 Å². The second-order valence-corrected chi connectivity index (χ2v) is 9.30. The summed E-state index contributed by atoms with van der Waals surface area (Å²) in [6, 6.07) is 12.1. The van der Waals surface area contributed by atoms with Gasteiger partial charge in [0, 0.05) is 12.8 Å². The van der Waals surface area contributed by atoms with Gasteiger partial charge in [-0.1, -0.05) is 25.5 Å². The molecule has 2 aromatic carbocycles. The predicted molar refractivity (Wildman–Crippen MR) is 133 cm³/mol. The van der Waals surface area contributed by atoms with Crippen molar-refractivity contribution in [1.82, 2.24) is 0 Å². The first kappa shape index (κ1) is 23.2. The molecule has 1 N–H and O–H groups in total. The van der Waals surface area contributed by atoms with Crippen molar-refractivity contribution in [2.75, 3.05) is 6.61 Å². The van der Waals surface area contributed by atoms with Crippen molar-refractivity contribution in [1.29, 1.82) is 0 Å². The zero-order chi connectivity index (χ0) is 21.5. The summed E-state index contributed by atoms with van der Waals surface area (Å²) in [6.45, 7) is 2.99. The maximum absolute atomic E-state index is 10.6. The lowest BCUT2D eigenvalue weighted by molar-refractivity contribution is -0.137. The summed E-state index contributed by atoms with van der Waals surface area (Å²) in [7, 11) is 0. The Morgan fingerprint density at radius 2 is 1.80 bits per heavy atom. The summed E-state index contributed by atoms with van der Waals surface area (Å²) < 4.78 is 20.1. The van der Waals surface area contributed by atoms with Gasteiger partial charge in [-0.2, -0.15) is 0 Å². The molecule has 0 aliphatic carbocycles. The molecule has 0 amide bonds. The first-order valence-electron chi connectivity index (χ1n) is 9.95. The van der Waals surface area contributed by atoms with E-state index < -0.39 is 5.97 Å². The van der Waals surface area contributed by atoms with Crippen LogP contribution in [0.25, 0.3) is 11.0 Å². The molecule has 0 saturated carbocycles. The molecule has 0 spiro atoms. The summed E-state index contributed by atoms with van der Waals surface area (Å²) in [5, 5.41) is 9.75. The van der Waals surface area contributed by atoms with E-state index in [1.54, 1.807) is 0 Å². The second kappa shape index (κ2) is 11.2. The SMILES string of the molecule is CCCCc1oc2ccccc2c1OCc1cc(I)c(OCCCC(=O)O)c(I)c1. The quantitative estimate of drug-likeness (QED) is 0.186. The van der Waals surface area contributed by atoms with Crippen LogP contribution in [-0.4, -0.2) is 17.7 Å². The molecule has 3 aromatic rings. The van der Waals surface area contributed by atoms with Gasteiger partial charge in [-0.05, 0) is 87.9 Å². The summed E-state index contributed by atoms with van der Waals surface area (Å²) >= 11 is 4.50. The predicted octanol–water partition coefficient (Wildman–Crippen LogP) is 6.81. The molecule has 0 unspecified atom stereocenters. The Balaban J connectivity index is 1.72. The number of hydrogen-bond donors (Lipinski definition) is 1. The zero-order valence-corrected chi connectivity index (χ0v) is 21.1. The van der Waals surface area contributed by atoms with Gasteiger partial charge < -0.3 is 19.0 Å². The summed E-state index contributed by atoms with van der Waals surface area (Å²) in [4.78, 5) is 10.6. The number of furan rings is 1. The number of hydrogen-bond acceptors (Lipinski definition) is 4. The van der Waals surface area contributed by atoms with Crippen LogP contribution in [0, 0.1) is 7.14 Å². The van der Waals surface area contributed by atoms with Crippen molar-refractivity contribution < 1.29 is 23.8 Å². The maximum atomic E-state index is 10.6. The smallest absolute Gasteiger partial charge is 0.303 e. The molecule has 0 fully saturated rings. The summed E-state index contributed by atoms with van der Waals surface area (Å²) in [6.07, 6.45) is 3.61. The van der Waals surface area contributed by atoms with Gasteiger partial charge in [0.1, 0.15) is 23.7 Å². The van der Waals surface area contributed by atoms with Crippen molar-refractivity contribution >= 4 is 62.1 Å². The van der Waals surface area contributed by atoms with Gasteiger partial charge in [0.25, 0.3) is 0 Å². The molecule has 0 radical (unpaired) electrons. The number of aliphatic carboxylic acids is 1. The Morgan fingerprint density at radius 1 is 1.07 bits per heavy atom. The fourth-order valence-electron chi connectivity index (χ4n) is 3.12. The number of benzene rings is 2. The molecule has 3 rings (SSSR count). The minimum absolute atomic E-state index is 0.109. The third kappa shape index (κ3) is 6.03. The lowest BCUT2D eigenvalue weighted by atomic mass is 10.1. The van der Waals surface area contributed by atoms with Crippen molar-refractivity contribution in [2.45, 2.75) is 45.6 Å². The Labute approximate surface area is 203 Å². The molecule has 0 saturated heterocycles. The third-order valence-corrected chi connectivity index (χ3v) is 6.20. The number of carbonyl (C=O) groups is 1. The highest BCUT2D eigenvalue weighted by Gasteiger charge is 2.16. The van der Waals surface area contributed by atoms with E-state index in [9.17, 15) is 4.79 Å². The van der Waals surface area contributed by atoms with Crippen LogP contribution >= 0.6 is 45.2 Å². The lowest BCUT2D eigenvalue weighted by Gasteiger charge is -2.13. The molecule has 7 heteroatoms. The van der Waals surface area contributed by atoms with E-state index in [0.717, 1.165) is 60.2 Å². The normalized spacial score (nSPS) is 11.0. The van der Waals surface area contributed by atoms with Crippen LogP contribution in [0.2, 0.25) is 0 Å². The maximum Gasteiger partial charge on any atom is 0.303 e. The molecule has 160 valence electrons. The average Bonchev–Trinajstić information content (AvgIpc) is 3.06. The van der Waals surface area contributed by atoms with Crippen molar-refractivity contribution in [3.63, 3.8) is 0 Å². The highest BCUT2D eigenvalue weighted by Crippen LogP contribution is 2.35. The number of carboxylic acid groups (broad SMARTS) is 1. The first-order chi connectivity index (χ1) is 14.5. The summed E-state index contributed by atoms with van der Waals surface area (Å²) in [5.74, 6) is 1.72. The van der Waals surface area contributed by atoms with Crippen molar-refractivity contribution in [2.24, 2.45) is 0 Å². The van der Waals surface area contributed by atoms with Crippen LogP contribution in [0.3, 0.4) is 0 Å². The van der Waals surface area contributed by atoms with E-state index in [-0.39, 0.29) is 6.42 Å². The standard InChI is InChI=1S/C23H24I2O5/c1-2-3-8-20-22(16-7-4-5-9-19(16)30-20)29-14-15-12-17(24)23(18(25)13-15)28-11-6-10-21(26)27/h4-5,7,9,12-13H,2-3,6,8,10-11,14H2,1H3,(H,26,27). The topological polar surface area (TPSA) is 68.9 Å². The van der Waals surface area contributed by atoms with Crippen molar-refractivity contribution in [3.8, 4) is 11.5 Å². The van der Waals surface area contributed by atoms with E-state index in [2.05, 4.69) is 52.1 Å². The fourth-order valence-corrected chi connectivity index (χ4v) is 5.33. The number of ether oxygens (including phenoxy) is 2. The second-order valence-electron chi connectivity index (χ2n) is 6.98. The molecular formula is C23H24I2O5. The third-order valence-electron chi connectivity index (χ3n) is 4.60. The van der Waals surface area contributed by atoms with E-state index in [1.807, 2.05) is 36.4 Å². The molecule has 1 aromatic heterocycles. The van der Waals surface area contributed by atoms with Gasteiger partial charge in [0.05, 0.1) is 19.1 Å². The number of halogens is 2. The zero-order valence-electron chi connectivity index (χ0n) is 16.7. The largest absolute Gasteiger partial charge is 0.491 e. The van der Waals surface area contributed by atoms with Gasteiger partial charge in [0.15, 0.2) is 5.75 Å². The molecule has 0 atom stereocenters. The van der Waals surface area contributed by atoms with Gasteiger partial charge in [-0.15, -0.1) is 0 Å². The monoisotopic (exact) mass is 634 g/mol. The number of rotatable bonds is 11. The van der Waals surface area contributed by atoms with Crippen LogP contribution in [0.1, 0.15) is 43.9 Å². The van der Waals surface area contributed by atoms with Gasteiger partial charge >= 0.3 is 5.97 Å². The highest BCUT2D eigenvalue weighted by molar-refractivity contribution is 14.1. The van der Waals surface area contributed by atoms with Crippen LogP contribution in [0.15, 0.2) is 40.8 Å². The molecule has 1 heterocycles. The number of para-hydroxylation sites is 1. The van der Waals surface area contributed by atoms with E-state index in [1.165, 1.54) is 0 Å². The van der Waals surface area contributed by atoms with Crippen LogP contribution in [0.4, 0.5) is 0 Å². The minimum Gasteiger partial charge on any atom is -0.491 e. The van der Waals surface area contributed by atoms with Crippen LogP contribution in [0.5, 0.6) is 11.5 Å². The van der Waals surface area contributed by atoms with E-state index in [4.69, 9.17) is 19.0 Å². The number of unbranched alkanes of at least 4 members (excludes halogenated alkanes) is 1. The Morgan fingerprint density at radius 3 is 2.50 bits per heavy atom. The molecular weight excluding hydrogens is 610 g/mol. The fraction of sp³-hybridized carbons (Fsp3) is 0.348. The van der Waals surface area contributed by atoms with Gasteiger partial charge in [0.2, 0.25) is 0 Å². The minimum atomic E-state index is -0.805. The number of carboxylic acids is 1. The van der Waals surface area contributed by atoms with Crippen molar-refractivity contribution in [3.05, 3.63) is 54.9 Å². The van der Waals surface area contributed by atoms with E-state index in [0.29, 0.717) is 19.6 Å². The lowest BCUT2D eigenvalue weighted by Crippen LogP contribution is -2.05. The molecule has 30 heavy (non-hydrogen) atoms. The number of aryl methyl sites for hydroxylation is 1. The van der Waals surface area contributed by atoms with E-state index >= 15 is 0 Å². The Hall–Kier alpha value is -1.49. The first-order valence-corrected chi connectivity index (χ1v) is 12.1.